The number of carbonyl (C=O) groups excluding carboxylic acids is 1. The fraction of sp³-hybridized carbons (Fsp3) is 0.632. The van der Waals surface area contributed by atoms with E-state index >= 15 is 0 Å². The molecule has 3 fully saturated rings. The molecule has 3 aliphatic rings. The Morgan fingerprint density at radius 2 is 1.82 bits per heavy atom. The summed E-state index contributed by atoms with van der Waals surface area (Å²) < 4.78 is 27.0. The number of benzene rings is 1. The smallest absolute Gasteiger partial charge is 0.289 e. The van der Waals surface area contributed by atoms with Gasteiger partial charge in [-0.1, -0.05) is 18.6 Å². The van der Waals surface area contributed by atoms with Gasteiger partial charge in [-0.05, 0) is 43.1 Å². The Bertz CT molecular complexity index is 879. The number of hydrogen-bond donors (Lipinski definition) is 0. The van der Waals surface area contributed by atoms with Crippen LogP contribution in [0.1, 0.15) is 32.1 Å². The molecule has 2 bridgehead atoms. The van der Waals surface area contributed by atoms with Crippen LogP contribution in [-0.2, 0) is 14.8 Å². The Balaban J connectivity index is 1.38. The molecule has 152 valence electrons. The molecule has 1 aromatic carbocycles. The quantitative estimate of drug-likeness (QED) is 0.550. The number of nitrogens with zero attached hydrogens (tertiary/aromatic N) is 3. The average Bonchev–Trinajstić information content (AvgIpc) is 3.31. The first kappa shape index (κ1) is 19.3. The molecule has 1 aromatic rings. The van der Waals surface area contributed by atoms with Crippen molar-refractivity contribution >= 4 is 21.6 Å². The van der Waals surface area contributed by atoms with Crippen LogP contribution in [0.5, 0.6) is 0 Å². The lowest BCUT2D eigenvalue weighted by Gasteiger charge is -2.35. The van der Waals surface area contributed by atoms with Gasteiger partial charge in [-0.2, -0.15) is 4.31 Å². The van der Waals surface area contributed by atoms with Crippen LogP contribution in [0.3, 0.4) is 0 Å². The van der Waals surface area contributed by atoms with Gasteiger partial charge < -0.3 is 4.90 Å². The number of hydrogen-bond acceptors (Lipinski definition) is 5. The summed E-state index contributed by atoms with van der Waals surface area (Å²) in [7, 11) is -3.96. The van der Waals surface area contributed by atoms with Crippen LogP contribution in [0.25, 0.3) is 0 Å². The molecule has 1 amide bonds. The molecule has 1 aliphatic heterocycles. The fourth-order valence-corrected chi connectivity index (χ4v) is 6.70. The summed E-state index contributed by atoms with van der Waals surface area (Å²) in [6.07, 6.45) is 5.53. The van der Waals surface area contributed by atoms with Gasteiger partial charge in [0.1, 0.15) is 0 Å². The summed E-state index contributed by atoms with van der Waals surface area (Å²) in [6.45, 7) is 0.993. The van der Waals surface area contributed by atoms with Gasteiger partial charge in [-0.3, -0.25) is 14.9 Å². The van der Waals surface area contributed by atoms with E-state index in [4.69, 9.17) is 0 Å². The van der Waals surface area contributed by atoms with E-state index in [-0.39, 0.29) is 23.9 Å². The lowest BCUT2D eigenvalue weighted by atomic mass is 9.86. The molecule has 1 heterocycles. The van der Waals surface area contributed by atoms with Gasteiger partial charge in [0.25, 0.3) is 5.69 Å². The Morgan fingerprint density at radius 1 is 1.11 bits per heavy atom. The molecule has 0 radical (unpaired) electrons. The zero-order valence-corrected chi connectivity index (χ0v) is 16.5. The maximum atomic E-state index is 12.9. The van der Waals surface area contributed by atoms with Crippen LogP contribution < -0.4 is 0 Å². The average molecular weight is 407 g/mol. The lowest BCUT2D eigenvalue weighted by molar-refractivity contribution is -0.387. The zero-order chi connectivity index (χ0) is 19.9. The molecular weight excluding hydrogens is 382 g/mol. The molecule has 0 spiro atoms. The lowest BCUT2D eigenvalue weighted by Crippen LogP contribution is -2.50. The van der Waals surface area contributed by atoms with E-state index in [1.165, 1.54) is 47.8 Å². The minimum absolute atomic E-state index is 0.111. The van der Waals surface area contributed by atoms with Crippen LogP contribution in [0.4, 0.5) is 5.69 Å². The minimum Gasteiger partial charge on any atom is -0.340 e. The molecule has 2 aliphatic carbocycles. The Morgan fingerprint density at radius 3 is 2.43 bits per heavy atom. The van der Waals surface area contributed by atoms with E-state index in [1.807, 2.05) is 0 Å². The highest BCUT2D eigenvalue weighted by molar-refractivity contribution is 7.89. The third kappa shape index (κ3) is 3.53. The van der Waals surface area contributed by atoms with Gasteiger partial charge in [0.05, 0.1) is 4.92 Å². The van der Waals surface area contributed by atoms with Gasteiger partial charge in [0, 0.05) is 38.7 Å². The number of nitro benzene ring substituents is 1. The number of para-hydroxylation sites is 1. The van der Waals surface area contributed by atoms with Crippen molar-refractivity contribution in [1.82, 2.24) is 9.21 Å². The maximum Gasteiger partial charge on any atom is 0.289 e. The second-order valence-electron chi connectivity index (χ2n) is 8.15. The molecule has 8 nitrogen and oxygen atoms in total. The monoisotopic (exact) mass is 407 g/mol. The van der Waals surface area contributed by atoms with E-state index in [0.29, 0.717) is 31.3 Å². The van der Waals surface area contributed by atoms with Gasteiger partial charge in [0.15, 0.2) is 4.90 Å². The summed E-state index contributed by atoms with van der Waals surface area (Å²) in [6, 6.07) is 5.39. The molecule has 0 aromatic heterocycles. The SMILES string of the molecule is O=C(C[C@@H]1C[C@H]2CC[C@H]1C2)N1CCN(S(=O)(=O)c2ccccc2[N+](=O)[O-])CC1. The summed E-state index contributed by atoms with van der Waals surface area (Å²) in [5.41, 5.74) is -0.419. The molecule has 28 heavy (non-hydrogen) atoms. The van der Waals surface area contributed by atoms with Crippen LogP contribution in [-0.4, -0.2) is 54.6 Å². The second-order valence-corrected chi connectivity index (χ2v) is 10.1. The number of piperazine rings is 1. The topological polar surface area (TPSA) is 101 Å². The highest BCUT2D eigenvalue weighted by Crippen LogP contribution is 2.49. The second kappa shape index (κ2) is 7.44. The third-order valence-corrected chi connectivity index (χ3v) is 8.54. The van der Waals surface area contributed by atoms with Crippen molar-refractivity contribution in [3.05, 3.63) is 34.4 Å². The number of fused-ring (bicyclic) bond motifs is 2. The predicted molar refractivity (Wildman–Crippen MR) is 102 cm³/mol. The minimum atomic E-state index is -3.96. The van der Waals surface area contributed by atoms with E-state index < -0.39 is 20.6 Å². The van der Waals surface area contributed by atoms with Crippen molar-refractivity contribution in [2.45, 2.75) is 37.0 Å². The number of rotatable bonds is 5. The first-order chi connectivity index (χ1) is 13.4. The zero-order valence-electron chi connectivity index (χ0n) is 15.7. The molecule has 3 atom stereocenters. The van der Waals surface area contributed by atoms with Crippen LogP contribution in [0.15, 0.2) is 29.2 Å². The van der Waals surface area contributed by atoms with Crippen molar-refractivity contribution < 1.29 is 18.1 Å². The van der Waals surface area contributed by atoms with Crippen LogP contribution in [0.2, 0.25) is 0 Å². The van der Waals surface area contributed by atoms with E-state index in [1.54, 1.807) is 4.90 Å². The van der Waals surface area contributed by atoms with Crippen LogP contribution in [0, 0.1) is 27.9 Å². The normalized spacial score (nSPS) is 27.9. The standard InChI is InChI=1S/C19H25N3O5S/c23-19(13-16-12-14-5-6-15(16)11-14)20-7-9-21(10-8-20)28(26,27)18-4-2-1-3-17(18)22(24)25/h1-4,14-16H,5-13H2/t14-,15-,16-/m0/s1. The van der Waals surface area contributed by atoms with Crippen molar-refractivity contribution in [3.8, 4) is 0 Å². The first-order valence-electron chi connectivity index (χ1n) is 9.87. The van der Waals surface area contributed by atoms with E-state index in [0.717, 1.165) is 12.3 Å². The van der Waals surface area contributed by atoms with Gasteiger partial charge in [-0.25, -0.2) is 8.42 Å². The first-order valence-corrected chi connectivity index (χ1v) is 11.3. The molecule has 9 heteroatoms. The highest BCUT2D eigenvalue weighted by atomic mass is 32.2. The van der Waals surface area contributed by atoms with E-state index in [2.05, 4.69) is 0 Å². The Labute approximate surface area is 164 Å². The third-order valence-electron chi connectivity index (χ3n) is 6.59. The van der Waals surface area contributed by atoms with Crippen LogP contribution >= 0.6 is 0 Å². The molecule has 0 N–H and O–H groups in total. The number of nitro groups is 1. The summed E-state index contributed by atoms with van der Waals surface area (Å²) in [4.78, 5) is 24.6. The van der Waals surface area contributed by atoms with Gasteiger partial charge in [-0.15, -0.1) is 0 Å². The molecule has 2 saturated carbocycles. The number of amides is 1. The summed E-state index contributed by atoms with van der Waals surface area (Å²) in [5.74, 6) is 2.08. The van der Waals surface area contributed by atoms with Crippen molar-refractivity contribution in [3.63, 3.8) is 0 Å². The summed E-state index contributed by atoms with van der Waals surface area (Å²) >= 11 is 0. The molecule has 0 unspecified atom stereocenters. The largest absolute Gasteiger partial charge is 0.340 e. The molecule has 4 rings (SSSR count). The highest BCUT2D eigenvalue weighted by Gasteiger charge is 2.41. The Kier molecular flexibility index (Phi) is 5.13. The van der Waals surface area contributed by atoms with Crippen molar-refractivity contribution in [2.75, 3.05) is 26.2 Å². The number of carbonyl (C=O) groups is 1. The number of sulfonamides is 1. The maximum absolute atomic E-state index is 12.9. The fourth-order valence-electron chi connectivity index (χ4n) is 5.12. The van der Waals surface area contributed by atoms with Crippen molar-refractivity contribution in [2.24, 2.45) is 17.8 Å². The van der Waals surface area contributed by atoms with Gasteiger partial charge in [0.2, 0.25) is 15.9 Å². The van der Waals surface area contributed by atoms with E-state index in [9.17, 15) is 23.3 Å². The molecular formula is C19H25N3O5S. The van der Waals surface area contributed by atoms with Gasteiger partial charge >= 0.3 is 0 Å². The Hall–Kier alpha value is -2.00. The molecule has 1 saturated heterocycles. The summed E-state index contributed by atoms with van der Waals surface area (Å²) in [5, 5.41) is 11.2. The van der Waals surface area contributed by atoms with Crippen molar-refractivity contribution in [1.29, 1.82) is 0 Å². The predicted octanol–water partition coefficient (Wildman–Crippen LogP) is 2.25.